The van der Waals surface area contributed by atoms with Crippen LogP contribution in [0.5, 0.6) is 0 Å². The Bertz CT molecular complexity index is 1030. The minimum Gasteiger partial charge on any atom is -0.473 e. The van der Waals surface area contributed by atoms with E-state index in [2.05, 4.69) is 46.9 Å². The summed E-state index contributed by atoms with van der Waals surface area (Å²) >= 11 is 0. The fourth-order valence-electron chi connectivity index (χ4n) is 3.86. The van der Waals surface area contributed by atoms with Crippen LogP contribution in [0.4, 0.5) is 4.39 Å². The maximum atomic E-state index is 11.9. The molecule has 1 fully saturated rings. The van der Waals surface area contributed by atoms with Gasteiger partial charge in [0.15, 0.2) is 0 Å². The lowest BCUT2D eigenvalue weighted by Gasteiger charge is -2.32. The molecule has 34 heavy (non-hydrogen) atoms. The van der Waals surface area contributed by atoms with E-state index >= 15 is 0 Å². The molecule has 3 N–H and O–H groups in total. The number of likely N-dealkylation sites (tertiary alicyclic amines) is 1. The van der Waals surface area contributed by atoms with Crippen LogP contribution >= 0.6 is 0 Å². The quantitative estimate of drug-likeness (QED) is 0.475. The summed E-state index contributed by atoms with van der Waals surface area (Å²) in [6.45, 7) is 7.81. The van der Waals surface area contributed by atoms with Crippen LogP contribution in [0.15, 0.2) is 60.8 Å². The number of hydrogen-bond acceptors (Lipinski definition) is 4. The van der Waals surface area contributed by atoms with Gasteiger partial charge in [0.25, 0.3) is 0 Å². The van der Waals surface area contributed by atoms with Gasteiger partial charge in [0.1, 0.15) is 5.82 Å². The topological polar surface area (TPSA) is 103 Å². The maximum absolute atomic E-state index is 11.9. The summed E-state index contributed by atoms with van der Waals surface area (Å²) in [6, 6.07) is 17.1. The molecule has 1 atom stereocenters. The molecule has 0 radical (unpaired) electrons. The Hall–Kier alpha value is -3.23. The molecule has 1 aromatic heterocycles. The summed E-state index contributed by atoms with van der Waals surface area (Å²) in [5, 5.41) is 26.1. The molecule has 1 unspecified atom stereocenters. The summed E-state index contributed by atoms with van der Waals surface area (Å²) in [7, 11) is 0. The van der Waals surface area contributed by atoms with Gasteiger partial charge in [0.2, 0.25) is 0 Å². The zero-order valence-electron chi connectivity index (χ0n) is 19.6. The van der Waals surface area contributed by atoms with E-state index in [1.54, 1.807) is 18.2 Å². The first-order valence-electron chi connectivity index (χ1n) is 11.4. The number of rotatable bonds is 4. The van der Waals surface area contributed by atoms with E-state index in [1.165, 1.54) is 49.0 Å². The summed E-state index contributed by atoms with van der Waals surface area (Å²) in [6.07, 6.45) is 5.08. The number of carbonyl (C=O) groups is 2. The van der Waals surface area contributed by atoms with Gasteiger partial charge in [-0.1, -0.05) is 44.2 Å². The first-order valence-corrected chi connectivity index (χ1v) is 11.4. The summed E-state index contributed by atoms with van der Waals surface area (Å²) in [5.41, 5.74) is 2.31. The predicted octanol–water partition coefficient (Wildman–Crippen LogP) is 4.72. The van der Waals surface area contributed by atoms with Crippen LogP contribution in [0.1, 0.15) is 50.8 Å². The molecule has 0 saturated carbocycles. The summed E-state index contributed by atoms with van der Waals surface area (Å²) < 4.78 is 14.3. The molecule has 8 heteroatoms. The molecule has 0 amide bonds. The van der Waals surface area contributed by atoms with Gasteiger partial charge in [-0.05, 0) is 61.0 Å². The van der Waals surface area contributed by atoms with Gasteiger partial charge in [-0.25, -0.2) is 14.0 Å². The van der Waals surface area contributed by atoms with Gasteiger partial charge >= 0.3 is 11.9 Å². The van der Waals surface area contributed by atoms with E-state index in [4.69, 9.17) is 19.8 Å². The Balaban J connectivity index is 0.000000257. The van der Waals surface area contributed by atoms with Crippen LogP contribution in [0.3, 0.4) is 0 Å². The fourth-order valence-corrected chi connectivity index (χ4v) is 3.86. The van der Waals surface area contributed by atoms with Crippen LogP contribution in [-0.4, -0.2) is 56.4 Å². The first-order chi connectivity index (χ1) is 16.3. The van der Waals surface area contributed by atoms with Crippen molar-refractivity contribution in [3.63, 3.8) is 0 Å². The van der Waals surface area contributed by atoms with Crippen molar-refractivity contribution in [1.82, 2.24) is 9.47 Å². The molecule has 1 saturated heterocycles. The molecule has 7 nitrogen and oxygen atoms in total. The molecule has 1 aliphatic heterocycles. The van der Waals surface area contributed by atoms with Gasteiger partial charge in [-0.15, -0.1) is 0 Å². The van der Waals surface area contributed by atoms with E-state index in [9.17, 15) is 9.50 Å². The Kier molecular flexibility index (Phi) is 10.7. The number of aliphatic carboxylic acids is 2. The van der Waals surface area contributed by atoms with Gasteiger partial charge in [-0.2, -0.15) is 0 Å². The zero-order valence-corrected chi connectivity index (χ0v) is 19.6. The molecule has 2 heterocycles. The Morgan fingerprint density at radius 1 is 1.00 bits per heavy atom. The van der Waals surface area contributed by atoms with E-state index in [0.29, 0.717) is 6.04 Å². The second-order valence-corrected chi connectivity index (χ2v) is 8.04. The number of nitrogens with zero attached hydrogens (tertiary/aromatic N) is 2. The van der Waals surface area contributed by atoms with Gasteiger partial charge < -0.3 is 24.8 Å². The van der Waals surface area contributed by atoms with Gasteiger partial charge in [-0.3, -0.25) is 0 Å². The van der Waals surface area contributed by atoms with E-state index in [1.807, 2.05) is 6.92 Å². The van der Waals surface area contributed by atoms with Crippen LogP contribution in [0.25, 0.3) is 10.9 Å². The van der Waals surface area contributed by atoms with E-state index in [-0.39, 0.29) is 11.9 Å². The third-order valence-electron chi connectivity index (χ3n) is 5.83. The molecule has 1 aliphatic rings. The number of aliphatic hydroxyl groups excluding tert-OH is 1. The van der Waals surface area contributed by atoms with Crippen molar-refractivity contribution in [2.45, 2.75) is 45.3 Å². The van der Waals surface area contributed by atoms with Crippen LogP contribution in [0.2, 0.25) is 0 Å². The van der Waals surface area contributed by atoms with Gasteiger partial charge in [0, 0.05) is 30.8 Å². The predicted molar refractivity (Wildman–Crippen MR) is 129 cm³/mol. The zero-order chi connectivity index (χ0) is 25.1. The number of hydrogen-bond donors (Lipinski definition) is 3. The Morgan fingerprint density at radius 3 is 2.09 bits per heavy atom. The highest BCUT2D eigenvalue weighted by Gasteiger charge is 2.20. The average molecular weight is 473 g/mol. The van der Waals surface area contributed by atoms with Crippen LogP contribution < -0.4 is 0 Å². The number of fused-ring (bicyclic) bond motifs is 1. The molecule has 0 bridgehead atoms. The fraction of sp³-hybridized carbons (Fsp3) is 0.385. The molecular weight excluding hydrogens is 439 g/mol. The average Bonchev–Trinajstić information content (AvgIpc) is 3.28. The van der Waals surface area contributed by atoms with Crippen LogP contribution in [0, 0.1) is 5.82 Å². The molecule has 4 rings (SSSR count). The maximum Gasteiger partial charge on any atom is 0.414 e. The second-order valence-electron chi connectivity index (χ2n) is 8.04. The molecule has 3 aromatic rings. The minimum absolute atomic E-state index is 0.178. The number of aromatic nitrogens is 1. The number of carboxylic acid groups (broad SMARTS) is 2. The number of benzene rings is 2. The first kappa shape index (κ1) is 27.0. The monoisotopic (exact) mass is 472 g/mol. The third kappa shape index (κ3) is 7.97. The lowest BCUT2D eigenvalue weighted by Crippen LogP contribution is -2.34. The van der Waals surface area contributed by atoms with Crippen molar-refractivity contribution in [1.29, 1.82) is 0 Å². The minimum atomic E-state index is -1.82. The smallest absolute Gasteiger partial charge is 0.414 e. The standard InChI is InChI=1S/C18H26N2O.C6H5F.C2H2O4/c1-3-18(21)15-6-5-14-7-12-20(17(14)13-15)16-8-10-19(4-2)11-9-16;7-6-4-2-1-3-5-6;3-1(4)2(5)6/h5-7,12-13,16,18,21H,3-4,8-11H2,1-2H3;1-5H;(H,3,4)(H,5,6). The summed E-state index contributed by atoms with van der Waals surface area (Å²) in [5.74, 6) is -3.83. The van der Waals surface area contributed by atoms with Crippen molar-refractivity contribution >= 4 is 22.8 Å². The largest absolute Gasteiger partial charge is 0.473 e. The summed E-state index contributed by atoms with van der Waals surface area (Å²) in [4.78, 5) is 20.7. The van der Waals surface area contributed by atoms with Gasteiger partial charge in [0.05, 0.1) is 6.10 Å². The number of piperidine rings is 1. The van der Waals surface area contributed by atoms with E-state index < -0.39 is 11.9 Å². The van der Waals surface area contributed by atoms with Crippen molar-refractivity contribution in [3.8, 4) is 0 Å². The van der Waals surface area contributed by atoms with Crippen LogP contribution in [-0.2, 0) is 9.59 Å². The third-order valence-corrected chi connectivity index (χ3v) is 5.83. The Labute approximate surface area is 199 Å². The number of halogens is 1. The van der Waals surface area contributed by atoms with Crippen molar-refractivity contribution in [2.75, 3.05) is 19.6 Å². The number of carboxylic acids is 2. The van der Waals surface area contributed by atoms with Crippen molar-refractivity contribution < 1.29 is 29.3 Å². The van der Waals surface area contributed by atoms with Crippen molar-refractivity contribution in [3.05, 3.63) is 72.2 Å². The second kappa shape index (κ2) is 13.5. The molecule has 184 valence electrons. The van der Waals surface area contributed by atoms with Crippen molar-refractivity contribution in [2.24, 2.45) is 0 Å². The highest BCUT2D eigenvalue weighted by Crippen LogP contribution is 2.29. The number of aliphatic hydroxyl groups is 1. The SMILES string of the molecule is CCC(O)c1ccc2ccn(C3CCN(CC)CC3)c2c1.Fc1ccccc1.O=C(O)C(=O)O. The van der Waals surface area contributed by atoms with E-state index in [0.717, 1.165) is 18.5 Å². The molecule has 0 spiro atoms. The highest BCUT2D eigenvalue weighted by atomic mass is 19.1. The lowest BCUT2D eigenvalue weighted by atomic mass is 10.0. The molecule has 2 aromatic carbocycles. The Morgan fingerprint density at radius 2 is 1.62 bits per heavy atom. The molecule has 0 aliphatic carbocycles. The molecular formula is C26H33FN2O5. The highest BCUT2D eigenvalue weighted by molar-refractivity contribution is 6.27. The normalized spacial score (nSPS) is 14.9. The lowest BCUT2D eigenvalue weighted by molar-refractivity contribution is -0.159.